The van der Waals surface area contributed by atoms with Crippen LogP contribution in [0.4, 0.5) is 8.78 Å². The van der Waals surface area contributed by atoms with Gasteiger partial charge in [-0.1, -0.05) is 63.6 Å². The lowest BCUT2D eigenvalue weighted by Crippen LogP contribution is -2.24. The van der Waals surface area contributed by atoms with Gasteiger partial charge in [-0.2, -0.15) is 0 Å². The quantitative estimate of drug-likeness (QED) is 0.435. The molecular weight excluding hydrogens is 394 g/mol. The number of carbonyl (C=O) groups is 1. The second-order valence-electron chi connectivity index (χ2n) is 8.20. The summed E-state index contributed by atoms with van der Waals surface area (Å²) in [5.74, 6) is -1.85. The molecule has 0 aliphatic carbocycles. The molecule has 31 heavy (non-hydrogen) atoms. The van der Waals surface area contributed by atoms with E-state index < -0.39 is 11.6 Å². The minimum atomic E-state index is -0.912. The Morgan fingerprint density at radius 3 is 2.39 bits per heavy atom. The Morgan fingerprint density at radius 2 is 1.74 bits per heavy atom. The van der Waals surface area contributed by atoms with Crippen LogP contribution in [0.25, 0.3) is 0 Å². The van der Waals surface area contributed by atoms with Crippen LogP contribution in [-0.4, -0.2) is 10.5 Å². The third kappa shape index (κ3) is 5.60. The Hall–Kier alpha value is -2.95. The van der Waals surface area contributed by atoms with Gasteiger partial charge in [-0.05, 0) is 48.1 Å². The summed E-state index contributed by atoms with van der Waals surface area (Å²) in [4.78, 5) is 13.1. The van der Waals surface area contributed by atoms with E-state index in [2.05, 4.69) is 42.8 Å². The third-order valence-electron chi connectivity index (χ3n) is 5.42. The lowest BCUT2D eigenvalue weighted by atomic mass is 10.0. The van der Waals surface area contributed by atoms with Gasteiger partial charge in [0.1, 0.15) is 0 Å². The predicted molar refractivity (Wildman–Crippen MR) is 120 cm³/mol. The van der Waals surface area contributed by atoms with E-state index in [0.717, 1.165) is 42.8 Å². The van der Waals surface area contributed by atoms with E-state index in [0.29, 0.717) is 17.7 Å². The van der Waals surface area contributed by atoms with Crippen molar-refractivity contribution >= 4 is 5.91 Å². The fraction of sp³-hybridized carbons (Fsp3) is 0.346. The van der Waals surface area contributed by atoms with Crippen LogP contribution in [0.1, 0.15) is 72.4 Å². The van der Waals surface area contributed by atoms with Gasteiger partial charge >= 0.3 is 0 Å². The van der Waals surface area contributed by atoms with Crippen molar-refractivity contribution in [3.8, 4) is 0 Å². The summed E-state index contributed by atoms with van der Waals surface area (Å²) < 4.78 is 28.9. The van der Waals surface area contributed by atoms with Gasteiger partial charge in [0.25, 0.3) is 5.91 Å². The molecule has 1 aromatic heterocycles. The fourth-order valence-corrected chi connectivity index (χ4v) is 3.87. The molecule has 3 rings (SSSR count). The number of nitrogens with one attached hydrogen (secondary N) is 1. The maximum atomic E-state index is 13.5. The maximum Gasteiger partial charge on any atom is 0.253 e. The molecule has 1 amide bonds. The van der Waals surface area contributed by atoms with Crippen molar-refractivity contribution in [1.29, 1.82) is 0 Å². The molecule has 0 atom stereocenters. The summed E-state index contributed by atoms with van der Waals surface area (Å²) >= 11 is 0. The number of hydrogen-bond acceptors (Lipinski definition) is 1. The van der Waals surface area contributed by atoms with E-state index in [-0.39, 0.29) is 18.4 Å². The number of nitrogens with zero attached hydrogens (tertiary/aromatic N) is 1. The highest BCUT2D eigenvalue weighted by molar-refractivity contribution is 5.96. The second-order valence-corrected chi connectivity index (χ2v) is 8.20. The molecule has 164 valence electrons. The van der Waals surface area contributed by atoms with Crippen molar-refractivity contribution < 1.29 is 13.6 Å². The van der Waals surface area contributed by atoms with E-state index in [1.165, 1.54) is 11.6 Å². The van der Waals surface area contributed by atoms with Gasteiger partial charge in [0.05, 0.1) is 5.56 Å². The van der Waals surface area contributed by atoms with Gasteiger partial charge < -0.3 is 9.88 Å². The Balaban J connectivity index is 1.90. The predicted octanol–water partition coefficient (Wildman–Crippen LogP) is 6.21. The maximum absolute atomic E-state index is 13.5. The molecule has 0 spiro atoms. The van der Waals surface area contributed by atoms with Crippen LogP contribution in [0.3, 0.4) is 0 Å². The van der Waals surface area contributed by atoms with Crippen molar-refractivity contribution in [3.05, 3.63) is 94.3 Å². The molecule has 5 heteroatoms. The van der Waals surface area contributed by atoms with Gasteiger partial charge in [0.15, 0.2) is 11.6 Å². The topological polar surface area (TPSA) is 34.0 Å². The van der Waals surface area contributed by atoms with Crippen LogP contribution in [0.2, 0.25) is 0 Å². The third-order valence-corrected chi connectivity index (χ3v) is 5.42. The van der Waals surface area contributed by atoms with Crippen molar-refractivity contribution in [3.63, 3.8) is 0 Å². The van der Waals surface area contributed by atoms with Crippen LogP contribution in [0.15, 0.2) is 54.6 Å². The standard InChI is InChI=1S/C26H30F2N2O/c1-4-5-11-21-15-22(26(31)29-16-20-12-13-23(27)24(28)14-20)25(18(2)3)30(21)17-19-9-7-6-8-10-19/h6-10,12-15,18H,4-5,11,16-17H2,1-3H3,(H,29,31). The molecule has 0 unspecified atom stereocenters. The highest BCUT2D eigenvalue weighted by atomic mass is 19.2. The average Bonchev–Trinajstić information content (AvgIpc) is 3.12. The Morgan fingerprint density at radius 1 is 1.00 bits per heavy atom. The largest absolute Gasteiger partial charge is 0.348 e. The van der Waals surface area contributed by atoms with Gasteiger partial charge in [0.2, 0.25) is 0 Å². The number of carbonyl (C=O) groups excluding carboxylic acids is 1. The number of amides is 1. The van der Waals surface area contributed by atoms with Crippen LogP contribution < -0.4 is 5.32 Å². The van der Waals surface area contributed by atoms with E-state index in [1.807, 2.05) is 24.3 Å². The molecule has 3 nitrogen and oxygen atoms in total. The van der Waals surface area contributed by atoms with Gasteiger partial charge in [-0.15, -0.1) is 0 Å². The van der Waals surface area contributed by atoms with Gasteiger partial charge in [0, 0.05) is 24.5 Å². The molecular formula is C26H30F2N2O. The molecule has 0 aliphatic rings. The molecule has 1 heterocycles. The zero-order valence-corrected chi connectivity index (χ0v) is 18.4. The zero-order chi connectivity index (χ0) is 22.4. The van der Waals surface area contributed by atoms with Crippen LogP contribution >= 0.6 is 0 Å². The Labute approximate surface area is 183 Å². The first-order valence-electron chi connectivity index (χ1n) is 10.9. The Kier molecular flexibility index (Phi) is 7.61. The molecule has 0 radical (unpaired) electrons. The van der Waals surface area contributed by atoms with Crippen LogP contribution in [-0.2, 0) is 19.5 Å². The Bertz CT molecular complexity index is 1030. The molecule has 3 aromatic rings. The van der Waals surface area contributed by atoms with E-state index in [9.17, 15) is 13.6 Å². The molecule has 0 bridgehead atoms. The first kappa shape index (κ1) is 22.7. The molecule has 0 saturated carbocycles. The monoisotopic (exact) mass is 424 g/mol. The summed E-state index contributed by atoms with van der Waals surface area (Å²) in [6.07, 6.45) is 3.02. The molecule has 2 aromatic carbocycles. The summed E-state index contributed by atoms with van der Waals surface area (Å²) in [5.41, 5.74) is 4.50. The van der Waals surface area contributed by atoms with Gasteiger partial charge in [-0.25, -0.2) is 8.78 Å². The number of rotatable bonds is 9. The zero-order valence-electron chi connectivity index (χ0n) is 18.4. The molecule has 0 fully saturated rings. The lowest BCUT2D eigenvalue weighted by Gasteiger charge is -2.17. The SMILES string of the molecule is CCCCc1cc(C(=O)NCc2ccc(F)c(F)c2)c(C(C)C)n1Cc1ccccc1. The number of halogens is 2. The number of benzene rings is 2. The van der Waals surface area contributed by atoms with Crippen molar-refractivity contribution in [2.75, 3.05) is 0 Å². The number of aromatic nitrogens is 1. The fourth-order valence-electron chi connectivity index (χ4n) is 3.87. The van der Waals surface area contributed by atoms with Gasteiger partial charge in [-0.3, -0.25) is 4.79 Å². The second kappa shape index (κ2) is 10.4. The van der Waals surface area contributed by atoms with E-state index in [4.69, 9.17) is 0 Å². The van der Waals surface area contributed by atoms with Crippen LogP contribution in [0, 0.1) is 11.6 Å². The van der Waals surface area contributed by atoms with E-state index >= 15 is 0 Å². The first-order chi connectivity index (χ1) is 14.9. The molecule has 0 aliphatic heterocycles. The average molecular weight is 425 g/mol. The van der Waals surface area contributed by atoms with Crippen molar-refractivity contribution in [1.82, 2.24) is 9.88 Å². The summed E-state index contributed by atoms with van der Waals surface area (Å²) in [6.45, 7) is 7.19. The summed E-state index contributed by atoms with van der Waals surface area (Å²) in [6, 6.07) is 15.9. The number of aryl methyl sites for hydroxylation is 1. The number of hydrogen-bond donors (Lipinski definition) is 1. The molecule has 1 N–H and O–H groups in total. The highest BCUT2D eigenvalue weighted by Gasteiger charge is 2.22. The normalized spacial score (nSPS) is 11.2. The highest BCUT2D eigenvalue weighted by Crippen LogP contribution is 2.27. The van der Waals surface area contributed by atoms with E-state index in [1.54, 1.807) is 0 Å². The number of unbranched alkanes of at least 4 members (excludes halogenated alkanes) is 1. The minimum absolute atomic E-state index is 0.141. The van der Waals surface area contributed by atoms with Crippen LogP contribution in [0.5, 0.6) is 0 Å². The smallest absolute Gasteiger partial charge is 0.253 e. The van der Waals surface area contributed by atoms with Crippen molar-refractivity contribution in [2.24, 2.45) is 0 Å². The van der Waals surface area contributed by atoms with Crippen molar-refractivity contribution in [2.45, 2.75) is 59.0 Å². The first-order valence-corrected chi connectivity index (χ1v) is 10.9. The minimum Gasteiger partial charge on any atom is -0.348 e. The lowest BCUT2D eigenvalue weighted by molar-refractivity contribution is 0.0949. The summed E-state index contributed by atoms with van der Waals surface area (Å²) in [5, 5.41) is 2.88. The summed E-state index contributed by atoms with van der Waals surface area (Å²) in [7, 11) is 0. The molecule has 0 saturated heterocycles.